The molecule has 6 nitrogen and oxygen atoms in total. The molecule has 2 aliphatic rings. The minimum absolute atomic E-state index is 0.0237. The zero-order valence-electron chi connectivity index (χ0n) is 12.2. The summed E-state index contributed by atoms with van der Waals surface area (Å²) in [6.07, 6.45) is 8.72. The number of rotatable bonds is 2. The molecule has 3 heterocycles. The molecule has 116 valence electrons. The van der Waals surface area contributed by atoms with Crippen LogP contribution in [-0.4, -0.2) is 38.8 Å². The Bertz CT molecular complexity index is 708. The van der Waals surface area contributed by atoms with Crippen LogP contribution in [0.2, 0.25) is 0 Å². The summed E-state index contributed by atoms with van der Waals surface area (Å²) < 4.78 is 8.25. The van der Waals surface area contributed by atoms with E-state index in [-0.39, 0.29) is 11.9 Å². The first kappa shape index (κ1) is 14.0. The Morgan fingerprint density at radius 2 is 2.23 bits per heavy atom. The van der Waals surface area contributed by atoms with Gasteiger partial charge in [-0.3, -0.25) is 9.48 Å². The largest absolute Gasteiger partial charge is 0.350 e. The fourth-order valence-electron chi connectivity index (χ4n) is 3.36. The maximum atomic E-state index is 12.7. The molecular weight excluding hydrogens is 348 g/mol. The van der Waals surface area contributed by atoms with Gasteiger partial charge in [-0.2, -0.15) is 5.10 Å². The molecule has 1 aliphatic heterocycles. The lowest BCUT2D eigenvalue weighted by Crippen LogP contribution is -2.29. The van der Waals surface area contributed by atoms with Gasteiger partial charge in [0.25, 0.3) is 5.91 Å². The Labute approximate surface area is 136 Å². The SMILES string of the molecule is O=C(c1onc2c1CCCC2)N1CCC(n2cc(Br)cn2)C1. The lowest BCUT2D eigenvalue weighted by Gasteiger charge is -2.16. The van der Waals surface area contributed by atoms with Gasteiger partial charge >= 0.3 is 0 Å². The third-order valence-electron chi connectivity index (χ3n) is 4.55. The Morgan fingerprint density at radius 1 is 1.36 bits per heavy atom. The van der Waals surface area contributed by atoms with Crippen molar-refractivity contribution in [2.45, 2.75) is 38.1 Å². The van der Waals surface area contributed by atoms with Crippen molar-refractivity contribution < 1.29 is 9.32 Å². The molecule has 0 spiro atoms. The molecule has 1 fully saturated rings. The Kier molecular flexibility index (Phi) is 3.52. The molecule has 4 rings (SSSR count). The quantitative estimate of drug-likeness (QED) is 0.821. The average molecular weight is 365 g/mol. The van der Waals surface area contributed by atoms with Gasteiger partial charge in [0.2, 0.25) is 5.76 Å². The first-order chi connectivity index (χ1) is 10.7. The molecule has 1 amide bonds. The van der Waals surface area contributed by atoms with E-state index >= 15 is 0 Å². The maximum absolute atomic E-state index is 12.7. The van der Waals surface area contributed by atoms with Crippen LogP contribution >= 0.6 is 15.9 Å². The lowest BCUT2D eigenvalue weighted by atomic mass is 9.96. The summed E-state index contributed by atoms with van der Waals surface area (Å²) in [6, 6.07) is 0.231. The summed E-state index contributed by atoms with van der Waals surface area (Å²) in [4.78, 5) is 14.6. The van der Waals surface area contributed by atoms with Gasteiger partial charge < -0.3 is 9.42 Å². The van der Waals surface area contributed by atoms with Crippen molar-refractivity contribution in [3.05, 3.63) is 33.9 Å². The van der Waals surface area contributed by atoms with Gasteiger partial charge in [0, 0.05) is 24.8 Å². The molecule has 0 aromatic carbocycles. The highest BCUT2D eigenvalue weighted by atomic mass is 79.9. The van der Waals surface area contributed by atoms with Gasteiger partial charge in [-0.05, 0) is 48.0 Å². The zero-order valence-corrected chi connectivity index (χ0v) is 13.8. The van der Waals surface area contributed by atoms with Crippen LogP contribution in [0, 0.1) is 0 Å². The minimum Gasteiger partial charge on any atom is -0.350 e. The molecule has 1 unspecified atom stereocenters. The monoisotopic (exact) mass is 364 g/mol. The highest BCUT2D eigenvalue weighted by Crippen LogP contribution is 2.28. The molecule has 1 aliphatic carbocycles. The molecule has 7 heteroatoms. The summed E-state index contributed by atoms with van der Waals surface area (Å²) in [5.74, 6) is 0.432. The van der Waals surface area contributed by atoms with Crippen molar-refractivity contribution in [3.8, 4) is 0 Å². The van der Waals surface area contributed by atoms with Crippen molar-refractivity contribution in [1.29, 1.82) is 0 Å². The van der Waals surface area contributed by atoms with E-state index in [1.165, 1.54) is 0 Å². The molecule has 0 saturated carbocycles. The van der Waals surface area contributed by atoms with E-state index in [1.807, 2.05) is 15.8 Å². The van der Waals surface area contributed by atoms with E-state index < -0.39 is 0 Å². The summed E-state index contributed by atoms with van der Waals surface area (Å²) >= 11 is 3.41. The number of nitrogens with zero attached hydrogens (tertiary/aromatic N) is 4. The van der Waals surface area contributed by atoms with Gasteiger partial charge in [0.05, 0.1) is 22.4 Å². The third-order valence-corrected chi connectivity index (χ3v) is 4.96. The van der Waals surface area contributed by atoms with Crippen LogP contribution in [0.5, 0.6) is 0 Å². The van der Waals surface area contributed by atoms with E-state index in [0.717, 1.165) is 54.4 Å². The summed E-state index contributed by atoms with van der Waals surface area (Å²) in [5, 5.41) is 8.40. The highest BCUT2D eigenvalue weighted by molar-refractivity contribution is 9.10. The van der Waals surface area contributed by atoms with Crippen LogP contribution < -0.4 is 0 Å². The van der Waals surface area contributed by atoms with Crippen molar-refractivity contribution in [3.63, 3.8) is 0 Å². The predicted molar refractivity (Wildman–Crippen MR) is 82.6 cm³/mol. The number of carbonyl (C=O) groups is 1. The molecule has 2 aromatic rings. The van der Waals surface area contributed by atoms with Crippen LogP contribution in [0.25, 0.3) is 0 Å². The van der Waals surface area contributed by atoms with E-state index in [2.05, 4.69) is 26.2 Å². The molecule has 22 heavy (non-hydrogen) atoms. The van der Waals surface area contributed by atoms with E-state index in [4.69, 9.17) is 4.52 Å². The smallest absolute Gasteiger partial charge is 0.292 e. The fraction of sp³-hybridized carbons (Fsp3) is 0.533. The zero-order chi connectivity index (χ0) is 15.1. The molecule has 1 atom stereocenters. The molecular formula is C15H17BrN4O2. The number of likely N-dealkylation sites (tertiary alicyclic amines) is 1. The Hall–Kier alpha value is -1.63. The van der Waals surface area contributed by atoms with E-state index in [9.17, 15) is 4.79 Å². The van der Waals surface area contributed by atoms with Gasteiger partial charge in [-0.25, -0.2) is 0 Å². The van der Waals surface area contributed by atoms with Crippen LogP contribution in [0.4, 0.5) is 0 Å². The third kappa shape index (κ3) is 2.37. The van der Waals surface area contributed by atoms with Crippen molar-refractivity contribution in [1.82, 2.24) is 19.8 Å². The standard InChI is InChI=1S/C15H17BrN4O2/c16-10-7-17-20(8-10)11-5-6-19(9-11)15(21)14-12-3-1-2-4-13(12)18-22-14/h7-8,11H,1-6,9H2. The first-order valence-electron chi connectivity index (χ1n) is 7.69. The number of halogens is 1. The Morgan fingerprint density at radius 3 is 3.05 bits per heavy atom. The van der Waals surface area contributed by atoms with Crippen molar-refractivity contribution in [2.75, 3.05) is 13.1 Å². The Balaban J connectivity index is 1.51. The van der Waals surface area contributed by atoms with Crippen LogP contribution in [-0.2, 0) is 12.8 Å². The predicted octanol–water partition coefficient (Wildman–Crippen LogP) is 2.60. The van der Waals surface area contributed by atoms with Gasteiger partial charge in [0.1, 0.15) is 0 Å². The topological polar surface area (TPSA) is 64.2 Å². The summed E-state index contributed by atoms with van der Waals surface area (Å²) in [5.41, 5.74) is 2.00. The normalized spacial score (nSPS) is 21.1. The average Bonchev–Trinajstić information content (AvgIpc) is 3.25. The van der Waals surface area contributed by atoms with Gasteiger partial charge in [0.15, 0.2) is 0 Å². The second-order valence-corrected chi connectivity index (χ2v) is 6.89. The maximum Gasteiger partial charge on any atom is 0.292 e. The molecule has 0 N–H and O–H groups in total. The summed E-state index contributed by atoms with van der Waals surface area (Å²) in [7, 11) is 0. The van der Waals surface area contributed by atoms with Gasteiger partial charge in [-0.1, -0.05) is 5.16 Å². The van der Waals surface area contributed by atoms with Crippen molar-refractivity contribution in [2.24, 2.45) is 0 Å². The molecule has 2 aromatic heterocycles. The van der Waals surface area contributed by atoms with E-state index in [1.54, 1.807) is 6.20 Å². The number of hydrogen-bond acceptors (Lipinski definition) is 4. The molecule has 0 radical (unpaired) electrons. The lowest BCUT2D eigenvalue weighted by molar-refractivity contribution is 0.0744. The number of aromatic nitrogens is 3. The van der Waals surface area contributed by atoms with E-state index in [0.29, 0.717) is 12.3 Å². The highest BCUT2D eigenvalue weighted by Gasteiger charge is 2.33. The molecule has 1 saturated heterocycles. The number of aryl methyl sites for hydroxylation is 1. The number of fused-ring (bicyclic) bond motifs is 1. The second-order valence-electron chi connectivity index (χ2n) is 5.98. The number of amides is 1. The number of hydrogen-bond donors (Lipinski definition) is 0. The van der Waals surface area contributed by atoms with Crippen molar-refractivity contribution >= 4 is 21.8 Å². The second kappa shape index (κ2) is 5.53. The summed E-state index contributed by atoms with van der Waals surface area (Å²) in [6.45, 7) is 1.40. The molecule has 0 bridgehead atoms. The van der Waals surface area contributed by atoms with Crippen LogP contribution in [0.15, 0.2) is 21.4 Å². The fourth-order valence-corrected chi connectivity index (χ4v) is 3.66. The first-order valence-corrected chi connectivity index (χ1v) is 8.48. The number of carbonyl (C=O) groups excluding carboxylic acids is 1. The van der Waals surface area contributed by atoms with Gasteiger partial charge in [-0.15, -0.1) is 0 Å². The van der Waals surface area contributed by atoms with Crippen LogP contribution in [0.1, 0.15) is 47.1 Å². The minimum atomic E-state index is -0.0237. The van der Waals surface area contributed by atoms with Crippen LogP contribution in [0.3, 0.4) is 0 Å².